The van der Waals surface area contributed by atoms with Gasteiger partial charge in [-0.2, -0.15) is 0 Å². The van der Waals surface area contributed by atoms with E-state index in [-0.39, 0.29) is 24.2 Å². The van der Waals surface area contributed by atoms with Crippen molar-refractivity contribution in [1.29, 1.82) is 0 Å². The molecule has 1 saturated heterocycles. The molecule has 0 radical (unpaired) electrons. The number of rotatable bonds is 5. The van der Waals surface area contributed by atoms with E-state index >= 15 is 0 Å². The first-order valence-corrected chi connectivity index (χ1v) is 9.46. The molecule has 5 nitrogen and oxygen atoms in total. The van der Waals surface area contributed by atoms with Crippen LogP contribution < -0.4 is 5.32 Å². The van der Waals surface area contributed by atoms with E-state index in [4.69, 9.17) is 4.74 Å². The van der Waals surface area contributed by atoms with Gasteiger partial charge in [-0.3, -0.25) is 9.59 Å². The normalized spacial score (nSPS) is 19.3. The molecule has 1 atom stereocenters. The molecule has 1 fully saturated rings. The molecule has 0 bridgehead atoms. The van der Waals surface area contributed by atoms with E-state index in [1.165, 1.54) is 12.1 Å². The molecule has 0 spiro atoms. The highest BCUT2D eigenvalue weighted by Gasteiger charge is 2.44. The summed E-state index contributed by atoms with van der Waals surface area (Å²) in [6.45, 7) is 2.81. The number of nitrogens with one attached hydrogen (secondary N) is 1. The van der Waals surface area contributed by atoms with Gasteiger partial charge in [-0.15, -0.1) is 0 Å². The van der Waals surface area contributed by atoms with Crippen molar-refractivity contribution in [1.82, 2.24) is 10.2 Å². The Kier molecular flexibility index (Phi) is 6.09. The molecular weight excluding hydrogens is 359 g/mol. The molecule has 28 heavy (non-hydrogen) atoms. The van der Waals surface area contributed by atoms with Crippen molar-refractivity contribution < 1.29 is 18.7 Å². The summed E-state index contributed by atoms with van der Waals surface area (Å²) in [5.41, 5.74) is 1.37. The smallest absolute Gasteiger partial charge is 0.254 e. The molecule has 0 saturated carbocycles. The minimum absolute atomic E-state index is 0.00471. The first-order valence-electron chi connectivity index (χ1n) is 9.46. The van der Waals surface area contributed by atoms with Crippen LogP contribution in [0.25, 0.3) is 11.1 Å². The molecule has 3 rings (SSSR count). The fourth-order valence-corrected chi connectivity index (χ4v) is 3.63. The zero-order valence-electron chi connectivity index (χ0n) is 16.2. The van der Waals surface area contributed by atoms with Gasteiger partial charge < -0.3 is 15.0 Å². The van der Waals surface area contributed by atoms with Crippen LogP contribution in [0.3, 0.4) is 0 Å². The lowest BCUT2D eigenvalue weighted by molar-refractivity contribution is -0.165. The van der Waals surface area contributed by atoms with Crippen molar-refractivity contribution in [2.75, 3.05) is 26.7 Å². The lowest BCUT2D eigenvalue weighted by Crippen LogP contribution is -2.61. The van der Waals surface area contributed by atoms with Gasteiger partial charge in [0, 0.05) is 26.4 Å². The second-order valence-corrected chi connectivity index (χ2v) is 6.98. The fourth-order valence-electron chi connectivity index (χ4n) is 3.63. The maximum Gasteiger partial charge on any atom is 0.254 e. The van der Waals surface area contributed by atoms with Gasteiger partial charge in [0.2, 0.25) is 5.91 Å². The van der Waals surface area contributed by atoms with E-state index in [9.17, 15) is 14.0 Å². The first kappa shape index (κ1) is 20.0. The van der Waals surface area contributed by atoms with Crippen molar-refractivity contribution in [3.63, 3.8) is 0 Å². The van der Waals surface area contributed by atoms with E-state index in [1.54, 1.807) is 18.0 Å². The predicted octanol–water partition coefficient (Wildman–Crippen LogP) is 2.79. The van der Waals surface area contributed by atoms with Crippen LogP contribution in [-0.4, -0.2) is 49.1 Å². The Balaban J connectivity index is 1.91. The standard InChI is InChI=1S/C22H25FN2O3/c1-3-20(26)25-10-11-28-22(15-25,21(27)24-2)14-16-6-4-7-17(12-16)18-8-5-9-19(23)13-18/h4-9,12-13H,3,10-11,14-15H2,1-2H3,(H,24,27). The number of ether oxygens (including phenoxy) is 1. The summed E-state index contributed by atoms with van der Waals surface area (Å²) in [6, 6.07) is 14.0. The number of carbonyl (C=O) groups is 2. The summed E-state index contributed by atoms with van der Waals surface area (Å²) in [5, 5.41) is 2.68. The number of benzene rings is 2. The molecule has 2 amide bonds. The lowest BCUT2D eigenvalue weighted by atomic mass is 9.89. The van der Waals surface area contributed by atoms with Crippen LogP contribution in [0.1, 0.15) is 18.9 Å². The number of carbonyl (C=O) groups excluding carboxylic acids is 2. The van der Waals surface area contributed by atoms with Gasteiger partial charge >= 0.3 is 0 Å². The lowest BCUT2D eigenvalue weighted by Gasteiger charge is -2.41. The number of nitrogens with zero attached hydrogens (tertiary/aromatic N) is 1. The van der Waals surface area contributed by atoms with Gasteiger partial charge in [-0.1, -0.05) is 43.3 Å². The Morgan fingerprint density at radius 2 is 1.89 bits per heavy atom. The highest BCUT2D eigenvalue weighted by Crippen LogP contribution is 2.27. The minimum Gasteiger partial charge on any atom is -0.361 e. The molecule has 1 unspecified atom stereocenters. The van der Waals surface area contributed by atoms with Crippen molar-refractivity contribution in [3.8, 4) is 11.1 Å². The summed E-state index contributed by atoms with van der Waals surface area (Å²) in [6.07, 6.45) is 0.711. The molecule has 1 heterocycles. The molecule has 1 N–H and O–H groups in total. The largest absolute Gasteiger partial charge is 0.361 e. The highest BCUT2D eigenvalue weighted by atomic mass is 19.1. The zero-order chi connectivity index (χ0) is 20.1. The number of hydrogen-bond donors (Lipinski definition) is 1. The third kappa shape index (κ3) is 4.22. The summed E-state index contributed by atoms with van der Waals surface area (Å²) in [5.74, 6) is -0.545. The van der Waals surface area contributed by atoms with Gasteiger partial charge in [-0.05, 0) is 28.8 Å². The molecule has 1 aliphatic rings. The highest BCUT2D eigenvalue weighted by molar-refractivity contribution is 5.87. The molecule has 6 heteroatoms. The fraction of sp³-hybridized carbons (Fsp3) is 0.364. The Hall–Kier alpha value is -2.73. The Labute approximate surface area is 164 Å². The Morgan fingerprint density at radius 3 is 2.57 bits per heavy atom. The van der Waals surface area contributed by atoms with Crippen LogP contribution in [-0.2, 0) is 20.7 Å². The quantitative estimate of drug-likeness (QED) is 0.862. The second kappa shape index (κ2) is 8.52. The van der Waals surface area contributed by atoms with Crippen LogP contribution in [0.2, 0.25) is 0 Å². The molecule has 148 valence electrons. The average Bonchev–Trinajstić information content (AvgIpc) is 2.72. The first-order chi connectivity index (χ1) is 13.5. The monoisotopic (exact) mass is 384 g/mol. The van der Waals surface area contributed by atoms with Crippen molar-refractivity contribution in [2.24, 2.45) is 0 Å². The number of amides is 2. The van der Waals surface area contributed by atoms with Gasteiger partial charge in [0.15, 0.2) is 5.60 Å². The topological polar surface area (TPSA) is 58.6 Å². The third-order valence-electron chi connectivity index (χ3n) is 5.06. The summed E-state index contributed by atoms with van der Waals surface area (Å²) >= 11 is 0. The van der Waals surface area contributed by atoms with Gasteiger partial charge in [0.25, 0.3) is 5.91 Å². The number of halogens is 1. The van der Waals surface area contributed by atoms with Crippen molar-refractivity contribution in [3.05, 3.63) is 59.9 Å². The maximum atomic E-state index is 13.6. The molecule has 0 aromatic heterocycles. The van der Waals surface area contributed by atoms with Crippen LogP contribution in [0, 0.1) is 5.82 Å². The van der Waals surface area contributed by atoms with E-state index in [2.05, 4.69) is 5.32 Å². The second-order valence-electron chi connectivity index (χ2n) is 6.98. The molecule has 2 aromatic rings. The molecule has 1 aliphatic heterocycles. The van der Waals surface area contributed by atoms with Gasteiger partial charge in [0.05, 0.1) is 13.2 Å². The molecule has 2 aromatic carbocycles. The minimum atomic E-state index is -1.14. The predicted molar refractivity (Wildman–Crippen MR) is 105 cm³/mol. The number of morpholine rings is 1. The van der Waals surface area contributed by atoms with Crippen molar-refractivity contribution in [2.45, 2.75) is 25.4 Å². The zero-order valence-corrected chi connectivity index (χ0v) is 16.2. The average molecular weight is 384 g/mol. The van der Waals surface area contributed by atoms with Crippen molar-refractivity contribution >= 4 is 11.8 Å². The van der Waals surface area contributed by atoms with E-state index in [0.29, 0.717) is 26.0 Å². The number of hydrogen-bond acceptors (Lipinski definition) is 3. The van der Waals surface area contributed by atoms with Gasteiger partial charge in [0.1, 0.15) is 5.82 Å². The third-order valence-corrected chi connectivity index (χ3v) is 5.06. The maximum absolute atomic E-state index is 13.6. The number of likely N-dealkylation sites (N-methyl/N-ethyl adjacent to an activating group) is 1. The summed E-state index contributed by atoms with van der Waals surface area (Å²) < 4.78 is 19.5. The Bertz CT molecular complexity index is 870. The van der Waals surface area contributed by atoms with E-state index in [0.717, 1.165) is 16.7 Å². The van der Waals surface area contributed by atoms with Gasteiger partial charge in [-0.25, -0.2) is 4.39 Å². The van der Waals surface area contributed by atoms with Crippen LogP contribution >= 0.6 is 0 Å². The molecular formula is C22H25FN2O3. The molecule has 0 aliphatic carbocycles. The summed E-state index contributed by atoms with van der Waals surface area (Å²) in [7, 11) is 1.57. The van der Waals surface area contributed by atoms with Crippen LogP contribution in [0.5, 0.6) is 0 Å². The van der Waals surface area contributed by atoms with E-state index < -0.39 is 5.60 Å². The van der Waals surface area contributed by atoms with E-state index in [1.807, 2.05) is 37.3 Å². The Morgan fingerprint density at radius 1 is 1.18 bits per heavy atom. The summed E-state index contributed by atoms with van der Waals surface area (Å²) in [4.78, 5) is 26.6. The van der Waals surface area contributed by atoms with Crippen LogP contribution in [0.4, 0.5) is 4.39 Å². The van der Waals surface area contributed by atoms with Crippen LogP contribution in [0.15, 0.2) is 48.5 Å². The SMILES string of the molecule is CCC(=O)N1CCOC(Cc2cccc(-c3cccc(F)c3)c2)(C(=O)NC)C1.